The van der Waals surface area contributed by atoms with Gasteiger partial charge in [0.25, 0.3) is 0 Å². The normalized spacial score (nSPS) is 13.3. The maximum absolute atomic E-state index is 11.1. The van der Waals surface area contributed by atoms with Crippen LogP contribution in [-0.4, -0.2) is 28.4 Å². The Morgan fingerprint density at radius 3 is 2.59 bits per heavy atom. The first kappa shape index (κ1) is 27.2. The molecular formula is C29H40N2O3. The number of carboxylic acids is 1. The van der Waals surface area contributed by atoms with Crippen LogP contribution >= 0.6 is 0 Å². The Bertz CT molecular complexity index is 887. The topological polar surface area (TPSA) is 82.2 Å². The number of unbranched alkanes of at least 4 members (excludes halogenated alkanes) is 5. The van der Waals surface area contributed by atoms with Crippen LogP contribution < -0.4 is 5.32 Å². The van der Waals surface area contributed by atoms with E-state index in [2.05, 4.69) is 41.5 Å². The van der Waals surface area contributed by atoms with Crippen LogP contribution in [-0.2, 0) is 16.0 Å². The number of carbonyl (C=O) groups excluding carboxylic acids is 1. The fourth-order valence-corrected chi connectivity index (χ4v) is 4.12. The first-order valence-corrected chi connectivity index (χ1v) is 12.6. The van der Waals surface area contributed by atoms with Gasteiger partial charge in [-0.05, 0) is 48.4 Å². The minimum absolute atomic E-state index is 0.0638. The van der Waals surface area contributed by atoms with E-state index in [1.165, 1.54) is 44.6 Å². The van der Waals surface area contributed by atoms with Gasteiger partial charge in [-0.2, -0.15) is 0 Å². The molecule has 0 radical (unpaired) electrons. The quantitative estimate of drug-likeness (QED) is 0.126. The average Bonchev–Trinajstić information content (AvgIpc) is 3.34. The molecule has 5 heteroatoms. The van der Waals surface area contributed by atoms with E-state index in [1.54, 1.807) is 6.08 Å². The number of nitrogens with one attached hydrogen (secondary N) is 2. The van der Waals surface area contributed by atoms with E-state index >= 15 is 0 Å². The number of aldehydes is 1. The highest BCUT2D eigenvalue weighted by Gasteiger charge is 2.11. The molecule has 2 aromatic rings. The van der Waals surface area contributed by atoms with Gasteiger partial charge in [-0.3, -0.25) is 0 Å². The Kier molecular flexibility index (Phi) is 13.2. The average molecular weight is 465 g/mol. The zero-order valence-corrected chi connectivity index (χ0v) is 20.4. The predicted octanol–water partition coefficient (Wildman–Crippen LogP) is 7.04. The largest absolute Gasteiger partial charge is 0.478 e. The number of anilines is 1. The second kappa shape index (κ2) is 16.5. The van der Waals surface area contributed by atoms with Gasteiger partial charge in [-0.25, -0.2) is 4.79 Å². The van der Waals surface area contributed by atoms with E-state index in [9.17, 15) is 9.59 Å². The number of hydrogen-bond acceptors (Lipinski definition) is 3. The summed E-state index contributed by atoms with van der Waals surface area (Å²) in [6.45, 7) is 2.24. The summed E-state index contributed by atoms with van der Waals surface area (Å²) in [7, 11) is 0. The lowest BCUT2D eigenvalue weighted by Gasteiger charge is -2.19. The molecule has 34 heavy (non-hydrogen) atoms. The number of H-pyrrole nitrogens is 1. The van der Waals surface area contributed by atoms with Crippen molar-refractivity contribution >= 4 is 24.1 Å². The van der Waals surface area contributed by atoms with Crippen LogP contribution in [0.3, 0.4) is 0 Å². The van der Waals surface area contributed by atoms with Crippen molar-refractivity contribution in [3.63, 3.8) is 0 Å². The molecule has 0 aliphatic rings. The smallest absolute Gasteiger partial charge is 0.328 e. The second-order valence-electron chi connectivity index (χ2n) is 8.90. The van der Waals surface area contributed by atoms with Crippen LogP contribution in [0.4, 0.5) is 5.82 Å². The van der Waals surface area contributed by atoms with Crippen molar-refractivity contribution in [1.29, 1.82) is 0 Å². The van der Waals surface area contributed by atoms with Crippen LogP contribution in [0.5, 0.6) is 0 Å². The fourth-order valence-electron chi connectivity index (χ4n) is 4.12. The molecule has 0 amide bonds. The molecule has 1 aromatic heterocycles. The zero-order chi connectivity index (χ0) is 24.4. The van der Waals surface area contributed by atoms with Gasteiger partial charge in [0.15, 0.2) is 0 Å². The minimum Gasteiger partial charge on any atom is -0.478 e. The molecule has 5 nitrogen and oxygen atoms in total. The summed E-state index contributed by atoms with van der Waals surface area (Å²) in [5.41, 5.74) is 2.14. The van der Waals surface area contributed by atoms with Gasteiger partial charge in [-0.1, -0.05) is 87.9 Å². The third-order valence-electron chi connectivity index (χ3n) is 6.02. The Morgan fingerprint density at radius 1 is 1.03 bits per heavy atom. The number of hydrogen-bond donors (Lipinski definition) is 3. The molecule has 2 rings (SSSR count). The van der Waals surface area contributed by atoms with Gasteiger partial charge in [0.05, 0.1) is 0 Å². The van der Waals surface area contributed by atoms with Gasteiger partial charge >= 0.3 is 5.97 Å². The van der Waals surface area contributed by atoms with Gasteiger partial charge in [-0.15, -0.1) is 0 Å². The molecule has 0 spiro atoms. The van der Waals surface area contributed by atoms with Crippen molar-refractivity contribution in [2.24, 2.45) is 5.92 Å². The van der Waals surface area contributed by atoms with E-state index in [1.807, 2.05) is 30.5 Å². The Morgan fingerprint density at radius 2 is 1.85 bits per heavy atom. The first-order valence-electron chi connectivity index (χ1n) is 12.6. The van der Waals surface area contributed by atoms with Crippen LogP contribution in [0.15, 0.2) is 60.8 Å². The summed E-state index contributed by atoms with van der Waals surface area (Å²) >= 11 is 0. The molecule has 184 valence electrons. The van der Waals surface area contributed by atoms with E-state index in [0.717, 1.165) is 42.5 Å². The molecular weight excluding hydrogens is 424 g/mol. The highest BCUT2D eigenvalue weighted by molar-refractivity contribution is 5.79. The predicted molar refractivity (Wildman–Crippen MR) is 141 cm³/mol. The van der Waals surface area contributed by atoms with Crippen molar-refractivity contribution < 1.29 is 14.7 Å². The molecule has 0 saturated heterocycles. The first-order chi connectivity index (χ1) is 16.6. The van der Waals surface area contributed by atoms with E-state index in [-0.39, 0.29) is 6.04 Å². The second-order valence-corrected chi connectivity index (χ2v) is 8.90. The number of rotatable bonds is 18. The number of carboxylic acid groups (broad SMARTS) is 1. The van der Waals surface area contributed by atoms with E-state index < -0.39 is 5.97 Å². The summed E-state index contributed by atoms with van der Waals surface area (Å²) in [6, 6.07) is 11.9. The third-order valence-corrected chi connectivity index (χ3v) is 6.02. The lowest BCUT2D eigenvalue weighted by atomic mass is 9.92. The van der Waals surface area contributed by atoms with Gasteiger partial charge in [0.2, 0.25) is 0 Å². The monoisotopic (exact) mass is 464 g/mol. The van der Waals surface area contributed by atoms with Crippen LogP contribution in [0.2, 0.25) is 0 Å². The van der Waals surface area contributed by atoms with Crippen molar-refractivity contribution in [2.45, 2.75) is 77.2 Å². The third kappa shape index (κ3) is 11.7. The lowest BCUT2D eigenvalue weighted by molar-refractivity contribution is -0.131. The molecule has 0 fully saturated rings. The zero-order valence-electron chi connectivity index (χ0n) is 20.4. The van der Waals surface area contributed by atoms with Crippen LogP contribution in [0, 0.1) is 5.92 Å². The van der Waals surface area contributed by atoms with Crippen molar-refractivity contribution in [1.82, 2.24) is 4.98 Å². The number of aliphatic carboxylic acids is 1. The summed E-state index contributed by atoms with van der Waals surface area (Å²) in [5, 5.41) is 12.5. The molecule has 0 aliphatic heterocycles. The maximum atomic E-state index is 11.1. The number of allylic oxidation sites excluding steroid dienone is 1. The van der Waals surface area contributed by atoms with Crippen molar-refractivity contribution in [3.05, 3.63) is 72.0 Å². The Hall–Kier alpha value is -3.08. The molecule has 1 heterocycles. The minimum atomic E-state index is -0.933. The standard InChI is InChI=1S/C29H40N2O3/c1-2-3-4-5-6-7-10-24(14-15-25-11-8-12-26(23-25)20-22-32)16-17-27(18-19-29(33)34)31-28-13-9-21-30-28/h8-9,11-15,18-19,21-24,27,30-31H,2-7,10,16-17,20H2,1H3,(H,33,34). The number of aromatic nitrogens is 1. The molecule has 2 atom stereocenters. The van der Waals surface area contributed by atoms with E-state index in [4.69, 9.17) is 5.11 Å². The molecule has 3 N–H and O–H groups in total. The van der Waals surface area contributed by atoms with Crippen LogP contribution in [0.25, 0.3) is 6.08 Å². The van der Waals surface area contributed by atoms with Gasteiger partial charge in [0.1, 0.15) is 12.1 Å². The number of benzene rings is 1. The van der Waals surface area contributed by atoms with Gasteiger partial charge < -0.3 is 20.2 Å². The molecule has 0 saturated carbocycles. The summed E-state index contributed by atoms with van der Waals surface area (Å²) < 4.78 is 0. The SMILES string of the molecule is CCCCCCCCC(C=Cc1cccc(CC=O)c1)CCC(C=CC(=O)O)Nc1ccc[nH]1. The van der Waals surface area contributed by atoms with Gasteiger partial charge in [0, 0.05) is 24.7 Å². The lowest BCUT2D eigenvalue weighted by Crippen LogP contribution is -2.18. The van der Waals surface area contributed by atoms with E-state index in [0.29, 0.717) is 12.3 Å². The fraction of sp³-hybridized carbons (Fsp3) is 0.448. The summed E-state index contributed by atoms with van der Waals surface area (Å²) in [6.07, 6.45) is 21.2. The molecule has 0 aliphatic carbocycles. The highest BCUT2D eigenvalue weighted by atomic mass is 16.4. The number of aromatic amines is 1. The Labute approximate surface area is 204 Å². The van der Waals surface area contributed by atoms with Crippen LogP contribution in [0.1, 0.15) is 75.8 Å². The maximum Gasteiger partial charge on any atom is 0.328 e. The molecule has 2 unspecified atom stereocenters. The Balaban J connectivity index is 2.02. The summed E-state index contributed by atoms with van der Waals surface area (Å²) in [4.78, 5) is 25.1. The molecule has 0 bridgehead atoms. The molecule has 1 aromatic carbocycles. The highest BCUT2D eigenvalue weighted by Crippen LogP contribution is 2.22. The van der Waals surface area contributed by atoms with Crippen molar-refractivity contribution in [2.75, 3.05) is 5.32 Å². The number of carbonyl (C=O) groups is 2. The van der Waals surface area contributed by atoms with Crippen molar-refractivity contribution in [3.8, 4) is 0 Å². The summed E-state index contributed by atoms with van der Waals surface area (Å²) in [5.74, 6) is 0.360.